The maximum absolute atomic E-state index is 5.99. The number of rotatable bonds is 2. The zero-order chi connectivity index (χ0) is 11.5. The molecule has 1 nitrogen and oxygen atoms in total. The van der Waals surface area contributed by atoms with Crippen molar-refractivity contribution in [2.24, 2.45) is 0 Å². The molecule has 0 unspecified atom stereocenters. The van der Waals surface area contributed by atoms with Gasteiger partial charge in [-0.3, -0.25) is 0 Å². The molecule has 0 aliphatic rings. The van der Waals surface area contributed by atoms with Crippen LogP contribution in [0.3, 0.4) is 0 Å². The first kappa shape index (κ1) is 11.5. The maximum atomic E-state index is 5.99. The fraction of sp³-hybridized carbons (Fsp3) is 0.0769. The topological polar surface area (TPSA) is 26.0 Å². The summed E-state index contributed by atoms with van der Waals surface area (Å²) >= 11 is 6.29. The molecule has 0 fully saturated rings. The van der Waals surface area contributed by atoms with Gasteiger partial charge < -0.3 is 0 Å². The molecule has 2 rings (SSSR count). The summed E-state index contributed by atoms with van der Waals surface area (Å²) in [6, 6.07) is 14.5. The van der Waals surface area contributed by atoms with Crippen LogP contribution >= 0.6 is 11.6 Å². The van der Waals surface area contributed by atoms with E-state index in [0.717, 1.165) is 0 Å². The molecule has 3 heteroatoms. The van der Waals surface area contributed by atoms with Crippen LogP contribution in [0.2, 0.25) is 5.02 Å². The van der Waals surface area contributed by atoms with Gasteiger partial charge in [0.15, 0.2) is 0 Å². The van der Waals surface area contributed by atoms with E-state index in [2.05, 4.69) is 31.2 Å². The summed E-state index contributed by atoms with van der Waals surface area (Å²) in [5.74, 6) is 0. The first-order valence-corrected chi connectivity index (χ1v) is 7.04. The van der Waals surface area contributed by atoms with Crippen molar-refractivity contribution in [1.29, 1.82) is 0 Å². The van der Waals surface area contributed by atoms with Gasteiger partial charge in [0.05, 0.1) is 0 Å². The molecule has 0 aliphatic heterocycles. The quantitative estimate of drug-likeness (QED) is 0.665. The van der Waals surface area contributed by atoms with Gasteiger partial charge in [0.1, 0.15) is 0 Å². The molecule has 0 spiro atoms. The van der Waals surface area contributed by atoms with E-state index >= 15 is 0 Å². The Balaban J connectivity index is 2.20. The fourth-order valence-corrected chi connectivity index (χ4v) is 3.44. The van der Waals surface area contributed by atoms with Crippen LogP contribution in [-0.2, 0) is 0 Å². The summed E-state index contributed by atoms with van der Waals surface area (Å²) in [4.78, 5) is 0. The van der Waals surface area contributed by atoms with Crippen LogP contribution in [-0.4, -0.2) is 15.0 Å². The van der Waals surface area contributed by atoms with Crippen LogP contribution in [0.1, 0.15) is 5.56 Å². The van der Waals surface area contributed by atoms with E-state index in [1.54, 1.807) is 0 Å². The molecule has 0 aliphatic carbocycles. The number of halogens is 1. The van der Waals surface area contributed by atoms with Crippen LogP contribution in [0.25, 0.3) is 0 Å². The van der Waals surface area contributed by atoms with E-state index in [1.807, 2.05) is 18.2 Å². The third-order valence-electron chi connectivity index (χ3n) is 2.23. The van der Waals surface area contributed by atoms with Crippen molar-refractivity contribution in [2.45, 2.75) is 6.92 Å². The number of anilines is 1. The Kier molecular flexibility index (Phi) is 3.55. The van der Waals surface area contributed by atoms with E-state index in [0.29, 0.717) is 25.7 Å². The molecule has 0 saturated carbocycles. The molecule has 2 aromatic rings. The molecule has 82 valence electrons. The molecule has 0 heterocycles. The van der Waals surface area contributed by atoms with Gasteiger partial charge in [0, 0.05) is 0 Å². The molecule has 0 bridgehead atoms. The minimum absolute atomic E-state index is 0.297. The third-order valence-corrected chi connectivity index (χ3v) is 4.65. The van der Waals surface area contributed by atoms with Gasteiger partial charge in [-0.25, -0.2) is 0 Å². The number of aryl methyl sites for hydroxylation is 1. The van der Waals surface area contributed by atoms with E-state index in [1.165, 1.54) is 14.5 Å². The summed E-state index contributed by atoms with van der Waals surface area (Å²) in [6.07, 6.45) is 0. The van der Waals surface area contributed by atoms with Crippen molar-refractivity contribution >= 4 is 41.2 Å². The second-order valence-electron chi connectivity index (χ2n) is 3.60. The average molecular weight is 297 g/mol. The average Bonchev–Trinajstić information content (AvgIpc) is 2.27. The zero-order valence-corrected chi connectivity index (χ0v) is 11.4. The van der Waals surface area contributed by atoms with E-state index in [-0.39, 0.29) is 0 Å². The summed E-state index contributed by atoms with van der Waals surface area (Å²) in [5, 5.41) is 0.645. The molecule has 0 radical (unpaired) electrons. The summed E-state index contributed by atoms with van der Waals surface area (Å²) in [7, 11) is 0. The Morgan fingerprint density at radius 2 is 1.62 bits per heavy atom. The first-order valence-electron chi connectivity index (χ1n) is 4.95. The predicted molar refractivity (Wildman–Crippen MR) is 72.1 cm³/mol. The number of hydrogen-bond donors (Lipinski definition) is 1. The van der Waals surface area contributed by atoms with Crippen LogP contribution in [0.5, 0.6) is 0 Å². The molecule has 0 amide bonds. The van der Waals surface area contributed by atoms with Crippen molar-refractivity contribution in [3.05, 3.63) is 53.1 Å². The number of nitrogen functional groups attached to an aromatic ring is 1. The molecule has 16 heavy (non-hydrogen) atoms. The van der Waals surface area contributed by atoms with E-state index in [9.17, 15) is 0 Å². The van der Waals surface area contributed by atoms with E-state index in [4.69, 9.17) is 17.3 Å². The van der Waals surface area contributed by atoms with Crippen LogP contribution < -0.4 is 14.7 Å². The Bertz CT molecular complexity index is 494. The second-order valence-corrected chi connectivity index (χ2v) is 6.41. The van der Waals surface area contributed by atoms with Crippen molar-refractivity contribution in [3.8, 4) is 0 Å². The SMILES string of the molecule is Cc1ccc([Se]c2ccc(N)c(Cl)c2)cc1. The third kappa shape index (κ3) is 2.79. The summed E-state index contributed by atoms with van der Waals surface area (Å²) < 4.78 is 2.59. The summed E-state index contributed by atoms with van der Waals surface area (Å²) in [6.45, 7) is 2.09. The molecular weight excluding hydrogens is 285 g/mol. The standard InChI is InChI=1S/C13H12ClNSe/c1-9-2-4-10(5-3-9)16-11-6-7-13(15)12(14)8-11/h2-8H,15H2,1H3. The molecular formula is C13H12ClNSe. The van der Waals surface area contributed by atoms with Crippen LogP contribution in [0.4, 0.5) is 5.69 Å². The van der Waals surface area contributed by atoms with Gasteiger partial charge in [-0.2, -0.15) is 0 Å². The van der Waals surface area contributed by atoms with Gasteiger partial charge in [-0.05, 0) is 0 Å². The monoisotopic (exact) mass is 297 g/mol. The van der Waals surface area contributed by atoms with Crippen LogP contribution in [0.15, 0.2) is 42.5 Å². The number of benzene rings is 2. The number of hydrogen-bond acceptors (Lipinski definition) is 1. The summed E-state index contributed by atoms with van der Waals surface area (Å²) in [5.41, 5.74) is 7.61. The Labute approximate surface area is 107 Å². The first-order chi connectivity index (χ1) is 7.65. The fourth-order valence-electron chi connectivity index (χ4n) is 1.31. The van der Waals surface area contributed by atoms with Gasteiger partial charge >= 0.3 is 107 Å². The van der Waals surface area contributed by atoms with Gasteiger partial charge in [0.2, 0.25) is 0 Å². The molecule has 2 N–H and O–H groups in total. The minimum atomic E-state index is 0.297. The molecule has 2 aromatic carbocycles. The van der Waals surface area contributed by atoms with Crippen molar-refractivity contribution < 1.29 is 0 Å². The zero-order valence-electron chi connectivity index (χ0n) is 8.91. The van der Waals surface area contributed by atoms with Gasteiger partial charge in [0.25, 0.3) is 0 Å². The van der Waals surface area contributed by atoms with Crippen molar-refractivity contribution in [2.75, 3.05) is 5.73 Å². The number of nitrogens with two attached hydrogens (primary N) is 1. The van der Waals surface area contributed by atoms with Crippen molar-refractivity contribution in [3.63, 3.8) is 0 Å². The second kappa shape index (κ2) is 4.92. The van der Waals surface area contributed by atoms with Gasteiger partial charge in [-0.15, -0.1) is 0 Å². The Morgan fingerprint density at radius 3 is 2.25 bits per heavy atom. The molecule has 0 aromatic heterocycles. The van der Waals surface area contributed by atoms with Gasteiger partial charge in [-0.1, -0.05) is 0 Å². The van der Waals surface area contributed by atoms with E-state index < -0.39 is 0 Å². The predicted octanol–water partition coefficient (Wildman–Crippen LogP) is 1.89. The molecule has 0 atom stereocenters. The van der Waals surface area contributed by atoms with Crippen molar-refractivity contribution in [1.82, 2.24) is 0 Å². The Morgan fingerprint density at radius 1 is 1.00 bits per heavy atom. The molecule has 0 saturated heterocycles. The van der Waals surface area contributed by atoms with Crippen LogP contribution in [0, 0.1) is 6.92 Å². The Hall–Kier alpha value is -0.951. The normalized spacial score (nSPS) is 10.4.